The Bertz CT molecular complexity index is 661. The Kier molecular flexibility index (Phi) is 5.09. The van der Waals surface area contributed by atoms with E-state index in [1.807, 2.05) is 0 Å². The molecule has 6 heteroatoms. The summed E-state index contributed by atoms with van der Waals surface area (Å²) in [5.41, 5.74) is 5.89. The number of hydrogen-bond donors (Lipinski definition) is 1. The Balaban J connectivity index is 2.32. The smallest absolute Gasteiger partial charge is 0.340 e. The summed E-state index contributed by atoms with van der Waals surface area (Å²) >= 11 is 6.99. The quantitative estimate of drug-likeness (QED) is 0.669. The fourth-order valence-corrected chi connectivity index (χ4v) is 2.65. The molecule has 0 saturated heterocycles. The van der Waals surface area contributed by atoms with Gasteiger partial charge in [-0.05, 0) is 43.3 Å². The van der Waals surface area contributed by atoms with Crippen LogP contribution in [0.4, 0.5) is 10.1 Å². The molecule has 2 aromatic rings. The summed E-state index contributed by atoms with van der Waals surface area (Å²) in [6.07, 6.45) is 0. The maximum Gasteiger partial charge on any atom is 0.340 e. The van der Waals surface area contributed by atoms with Gasteiger partial charge in [0.05, 0.1) is 12.2 Å². The van der Waals surface area contributed by atoms with Gasteiger partial charge in [-0.15, -0.1) is 0 Å². The fourth-order valence-electron chi connectivity index (χ4n) is 1.66. The second kappa shape index (κ2) is 6.83. The predicted octanol–water partition coefficient (Wildman–Crippen LogP) is 4.39. The van der Waals surface area contributed by atoms with E-state index in [2.05, 4.69) is 0 Å². The molecule has 0 amide bonds. The van der Waals surface area contributed by atoms with E-state index in [-0.39, 0.29) is 17.9 Å². The maximum absolute atomic E-state index is 14.0. The zero-order chi connectivity index (χ0) is 15.4. The van der Waals surface area contributed by atoms with Gasteiger partial charge < -0.3 is 10.5 Å². The lowest BCUT2D eigenvalue weighted by molar-refractivity contribution is 0.0527. The van der Waals surface area contributed by atoms with Gasteiger partial charge in [0.1, 0.15) is 5.82 Å². The van der Waals surface area contributed by atoms with Gasteiger partial charge in [0.2, 0.25) is 0 Å². The number of carbonyl (C=O) groups excluding carboxylic acids is 1. The Morgan fingerprint density at radius 2 is 2.00 bits per heavy atom. The van der Waals surface area contributed by atoms with Crippen LogP contribution in [0.25, 0.3) is 0 Å². The van der Waals surface area contributed by atoms with Crippen molar-refractivity contribution in [1.29, 1.82) is 0 Å². The van der Waals surface area contributed by atoms with E-state index in [0.717, 1.165) is 11.0 Å². The van der Waals surface area contributed by atoms with Crippen LogP contribution in [0.5, 0.6) is 0 Å². The molecule has 0 heterocycles. The van der Waals surface area contributed by atoms with Crippen molar-refractivity contribution in [3.05, 3.63) is 52.8 Å². The standard InChI is InChI=1S/C15H13ClFNO2S/c1-2-20-15(19)11-7-14(12(17)8-13(11)18)21-10-5-3-9(16)4-6-10/h3-8H,2,18H2,1H3. The molecule has 0 fully saturated rings. The van der Waals surface area contributed by atoms with Crippen LogP contribution in [0.2, 0.25) is 5.02 Å². The first-order valence-electron chi connectivity index (χ1n) is 6.20. The van der Waals surface area contributed by atoms with Crippen molar-refractivity contribution >= 4 is 35.0 Å². The Morgan fingerprint density at radius 3 is 2.62 bits per heavy atom. The molecule has 0 aliphatic rings. The van der Waals surface area contributed by atoms with Gasteiger partial charge in [0.15, 0.2) is 0 Å². The SMILES string of the molecule is CCOC(=O)c1cc(Sc2ccc(Cl)cc2)c(F)cc1N. The van der Waals surface area contributed by atoms with Crippen molar-refractivity contribution in [2.24, 2.45) is 0 Å². The third-order valence-electron chi connectivity index (χ3n) is 2.64. The summed E-state index contributed by atoms with van der Waals surface area (Å²) in [5, 5.41) is 0.601. The summed E-state index contributed by atoms with van der Waals surface area (Å²) in [5.74, 6) is -1.05. The van der Waals surface area contributed by atoms with E-state index in [1.165, 1.54) is 17.8 Å². The molecular formula is C15H13ClFNO2S. The predicted molar refractivity (Wildman–Crippen MR) is 82.3 cm³/mol. The van der Waals surface area contributed by atoms with Gasteiger partial charge >= 0.3 is 5.97 Å². The first kappa shape index (κ1) is 15.7. The molecule has 2 rings (SSSR count). The second-order valence-electron chi connectivity index (χ2n) is 4.15. The number of esters is 1. The van der Waals surface area contributed by atoms with Crippen molar-refractivity contribution in [3.63, 3.8) is 0 Å². The van der Waals surface area contributed by atoms with Gasteiger partial charge in [-0.2, -0.15) is 0 Å². The number of ether oxygens (including phenoxy) is 1. The number of nitrogen functional groups attached to an aromatic ring is 1. The minimum atomic E-state index is -0.562. The molecule has 0 aliphatic heterocycles. The van der Waals surface area contributed by atoms with E-state index >= 15 is 0 Å². The molecule has 0 atom stereocenters. The number of benzene rings is 2. The van der Waals surface area contributed by atoms with E-state index in [4.69, 9.17) is 22.1 Å². The van der Waals surface area contributed by atoms with Crippen molar-refractivity contribution in [3.8, 4) is 0 Å². The Labute approximate surface area is 131 Å². The highest BCUT2D eigenvalue weighted by atomic mass is 35.5. The van der Waals surface area contributed by atoms with Crippen LogP contribution in [-0.2, 0) is 4.74 Å². The van der Waals surface area contributed by atoms with Gasteiger partial charge in [-0.25, -0.2) is 9.18 Å². The Morgan fingerprint density at radius 1 is 1.33 bits per heavy atom. The van der Waals surface area contributed by atoms with Gasteiger partial charge in [0, 0.05) is 20.5 Å². The van der Waals surface area contributed by atoms with Crippen LogP contribution in [0.15, 0.2) is 46.2 Å². The number of anilines is 1. The van der Waals surface area contributed by atoms with Crippen LogP contribution in [0.3, 0.4) is 0 Å². The monoisotopic (exact) mass is 325 g/mol. The number of hydrogen-bond acceptors (Lipinski definition) is 4. The van der Waals surface area contributed by atoms with Gasteiger partial charge in [-0.3, -0.25) is 0 Å². The van der Waals surface area contributed by atoms with Gasteiger partial charge in [-0.1, -0.05) is 23.4 Å². The zero-order valence-corrected chi connectivity index (χ0v) is 12.8. The first-order valence-corrected chi connectivity index (χ1v) is 7.40. The van der Waals surface area contributed by atoms with E-state index in [1.54, 1.807) is 31.2 Å². The van der Waals surface area contributed by atoms with Crippen LogP contribution >= 0.6 is 23.4 Å². The largest absolute Gasteiger partial charge is 0.462 e. The third kappa shape index (κ3) is 3.89. The molecule has 21 heavy (non-hydrogen) atoms. The molecule has 0 spiro atoms. The molecule has 0 saturated carbocycles. The van der Waals surface area contributed by atoms with Crippen molar-refractivity contribution < 1.29 is 13.9 Å². The molecule has 0 unspecified atom stereocenters. The average molecular weight is 326 g/mol. The second-order valence-corrected chi connectivity index (χ2v) is 5.70. The van der Waals surface area contributed by atoms with E-state index < -0.39 is 11.8 Å². The topological polar surface area (TPSA) is 52.3 Å². The molecule has 0 aliphatic carbocycles. The number of nitrogens with two attached hydrogens (primary N) is 1. The van der Waals surface area contributed by atoms with E-state index in [0.29, 0.717) is 9.92 Å². The van der Waals surface area contributed by atoms with Gasteiger partial charge in [0.25, 0.3) is 0 Å². The Hall–Kier alpha value is -1.72. The lowest BCUT2D eigenvalue weighted by Gasteiger charge is -2.09. The van der Waals surface area contributed by atoms with Crippen LogP contribution < -0.4 is 5.73 Å². The highest BCUT2D eigenvalue weighted by Crippen LogP contribution is 2.33. The molecule has 0 bridgehead atoms. The molecule has 110 valence electrons. The number of rotatable bonds is 4. The van der Waals surface area contributed by atoms with Crippen molar-refractivity contribution in [2.75, 3.05) is 12.3 Å². The number of carbonyl (C=O) groups is 1. The highest BCUT2D eigenvalue weighted by molar-refractivity contribution is 7.99. The summed E-state index contributed by atoms with van der Waals surface area (Å²) < 4.78 is 18.9. The molecule has 2 aromatic carbocycles. The number of halogens is 2. The van der Waals surface area contributed by atoms with Crippen LogP contribution in [0.1, 0.15) is 17.3 Å². The lowest BCUT2D eigenvalue weighted by Crippen LogP contribution is -2.08. The zero-order valence-electron chi connectivity index (χ0n) is 11.2. The molecule has 0 radical (unpaired) electrons. The third-order valence-corrected chi connectivity index (χ3v) is 3.93. The first-order chi connectivity index (χ1) is 10.0. The highest BCUT2D eigenvalue weighted by Gasteiger charge is 2.16. The summed E-state index contributed by atoms with van der Waals surface area (Å²) in [7, 11) is 0. The minimum absolute atomic E-state index is 0.0615. The molecule has 3 nitrogen and oxygen atoms in total. The summed E-state index contributed by atoms with van der Waals surface area (Å²) in [4.78, 5) is 12.9. The maximum atomic E-state index is 14.0. The van der Waals surface area contributed by atoms with Crippen molar-refractivity contribution in [2.45, 2.75) is 16.7 Å². The molecular weight excluding hydrogens is 313 g/mol. The normalized spacial score (nSPS) is 10.4. The lowest BCUT2D eigenvalue weighted by atomic mass is 10.2. The van der Waals surface area contributed by atoms with Crippen molar-refractivity contribution in [1.82, 2.24) is 0 Å². The van der Waals surface area contributed by atoms with Crippen LogP contribution in [-0.4, -0.2) is 12.6 Å². The van der Waals surface area contributed by atoms with Crippen LogP contribution in [0, 0.1) is 5.82 Å². The molecule has 2 N–H and O–H groups in total. The van der Waals surface area contributed by atoms with E-state index in [9.17, 15) is 9.18 Å². The summed E-state index contributed by atoms with van der Waals surface area (Å²) in [6.45, 7) is 1.93. The minimum Gasteiger partial charge on any atom is -0.462 e. The molecule has 0 aromatic heterocycles. The summed E-state index contributed by atoms with van der Waals surface area (Å²) in [6, 6.07) is 9.50. The average Bonchev–Trinajstić information content (AvgIpc) is 2.44. The fraction of sp³-hybridized carbons (Fsp3) is 0.133.